The van der Waals surface area contributed by atoms with E-state index in [1.807, 2.05) is 18.2 Å². The summed E-state index contributed by atoms with van der Waals surface area (Å²) in [4.78, 5) is 11.7. The summed E-state index contributed by atoms with van der Waals surface area (Å²) >= 11 is 3.41. The quantitative estimate of drug-likeness (QED) is 0.872. The summed E-state index contributed by atoms with van der Waals surface area (Å²) in [6, 6.07) is 5.97. The highest BCUT2D eigenvalue weighted by Gasteiger charge is 2.17. The Balaban J connectivity index is 1.82. The molecule has 1 aliphatic rings. The van der Waals surface area contributed by atoms with Gasteiger partial charge in [0.15, 0.2) is 6.61 Å². The molecule has 1 aliphatic carbocycles. The summed E-state index contributed by atoms with van der Waals surface area (Å²) in [6.45, 7) is 0.540. The van der Waals surface area contributed by atoms with Gasteiger partial charge < -0.3 is 15.8 Å². The average molecular weight is 327 g/mol. The van der Waals surface area contributed by atoms with Crippen molar-refractivity contribution in [1.82, 2.24) is 5.32 Å². The van der Waals surface area contributed by atoms with Crippen molar-refractivity contribution in [3.63, 3.8) is 0 Å². The highest BCUT2D eigenvalue weighted by atomic mass is 79.9. The maximum atomic E-state index is 11.7. The summed E-state index contributed by atoms with van der Waals surface area (Å²) in [6.07, 6.45) is 4.58. The first-order valence-electron chi connectivity index (χ1n) is 6.59. The van der Waals surface area contributed by atoms with Gasteiger partial charge in [0, 0.05) is 12.6 Å². The second kappa shape index (κ2) is 6.91. The van der Waals surface area contributed by atoms with Crippen molar-refractivity contribution >= 4 is 21.8 Å². The van der Waals surface area contributed by atoms with Crippen LogP contribution < -0.4 is 15.8 Å². The molecule has 0 saturated heterocycles. The fourth-order valence-corrected chi connectivity index (χ4v) is 2.81. The molecule has 0 unspecified atom stereocenters. The minimum Gasteiger partial charge on any atom is -0.483 e. The Morgan fingerprint density at radius 3 is 2.79 bits per heavy atom. The van der Waals surface area contributed by atoms with E-state index in [9.17, 15) is 4.79 Å². The molecule has 1 aromatic rings. The molecule has 4 nitrogen and oxygen atoms in total. The van der Waals surface area contributed by atoms with Crippen molar-refractivity contribution in [2.24, 2.45) is 5.73 Å². The molecule has 0 spiro atoms. The zero-order valence-electron chi connectivity index (χ0n) is 10.8. The maximum absolute atomic E-state index is 11.7. The minimum absolute atomic E-state index is 0.0527. The highest BCUT2D eigenvalue weighted by molar-refractivity contribution is 9.10. The molecule has 2 rings (SSSR count). The number of rotatable bonds is 5. The molecule has 0 bridgehead atoms. The van der Waals surface area contributed by atoms with Crippen LogP contribution >= 0.6 is 15.9 Å². The van der Waals surface area contributed by atoms with E-state index in [1.165, 1.54) is 12.8 Å². The van der Waals surface area contributed by atoms with Crippen molar-refractivity contribution in [2.75, 3.05) is 6.61 Å². The third kappa shape index (κ3) is 4.21. The molecule has 1 aromatic carbocycles. The number of hydrogen-bond acceptors (Lipinski definition) is 3. The molecule has 104 valence electrons. The Kier molecular flexibility index (Phi) is 5.22. The van der Waals surface area contributed by atoms with Crippen LogP contribution in [0.25, 0.3) is 0 Å². The van der Waals surface area contributed by atoms with E-state index >= 15 is 0 Å². The Morgan fingerprint density at radius 1 is 1.42 bits per heavy atom. The van der Waals surface area contributed by atoms with E-state index in [0.29, 0.717) is 18.3 Å². The van der Waals surface area contributed by atoms with E-state index in [-0.39, 0.29) is 12.5 Å². The molecule has 0 aliphatic heterocycles. The molecule has 1 fully saturated rings. The van der Waals surface area contributed by atoms with Gasteiger partial charge in [-0.15, -0.1) is 0 Å². The first-order valence-corrected chi connectivity index (χ1v) is 7.39. The van der Waals surface area contributed by atoms with Crippen LogP contribution in [-0.4, -0.2) is 18.6 Å². The van der Waals surface area contributed by atoms with Gasteiger partial charge >= 0.3 is 0 Å². The zero-order valence-corrected chi connectivity index (χ0v) is 12.4. The lowest BCUT2D eigenvalue weighted by molar-refractivity contribution is -0.123. The van der Waals surface area contributed by atoms with Gasteiger partial charge in [-0.3, -0.25) is 4.79 Å². The summed E-state index contributed by atoms with van der Waals surface area (Å²) in [7, 11) is 0. The van der Waals surface area contributed by atoms with E-state index in [1.54, 1.807) is 0 Å². The molecule has 1 amide bonds. The predicted molar refractivity (Wildman–Crippen MR) is 77.9 cm³/mol. The fourth-order valence-electron chi connectivity index (χ4n) is 2.27. The summed E-state index contributed by atoms with van der Waals surface area (Å²) < 4.78 is 6.33. The van der Waals surface area contributed by atoms with Crippen molar-refractivity contribution < 1.29 is 9.53 Å². The van der Waals surface area contributed by atoms with Gasteiger partial charge in [-0.25, -0.2) is 0 Å². The maximum Gasteiger partial charge on any atom is 0.258 e. The second-order valence-corrected chi connectivity index (χ2v) is 5.66. The number of carbonyl (C=O) groups is 1. The predicted octanol–water partition coefficient (Wildman–Crippen LogP) is 2.35. The van der Waals surface area contributed by atoms with E-state index < -0.39 is 0 Å². The number of benzene rings is 1. The number of hydrogen-bond donors (Lipinski definition) is 2. The lowest BCUT2D eigenvalue weighted by Crippen LogP contribution is -2.36. The van der Waals surface area contributed by atoms with Crippen LogP contribution in [0.1, 0.15) is 31.2 Å². The summed E-state index contributed by atoms with van der Waals surface area (Å²) in [5.74, 6) is 0.612. The molecule has 0 radical (unpaired) electrons. The summed E-state index contributed by atoms with van der Waals surface area (Å²) in [5.41, 5.74) is 6.58. The standard InChI is InChI=1S/C14H19BrN2O2/c15-12-7-10(8-16)5-6-13(12)19-9-14(18)17-11-3-1-2-4-11/h5-7,11H,1-4,8-9,16H2,(H,17,18). The molecule has 1 saturated carbocycles. The first-order chi connectivity index (χ1) is 9.19. The Bertz CT molecular complexity index is 445. The number of carbonyl (C=O) groups excluding carboxylic acids is 1. The van der Waals surface area contributed by atoms with Crippen molar-refractivity contribution in [3.05, 3.63) is 28.2 Å². The van der Waals surface area contributed by atoms with Crippen LogP contribution in [-0.2, 0) is 11.3 Å². The van der Waals surface area contributed by atoms with Crippen LogP contribution in [0.5, 0.6) is 5.75 Å². The van der Waals surface area contributed by atoms with Crippen LogP contribution in [0.15, 0.2) is 22.7 Å². The molecule has 0 atom stereocenters. The van der Waals surface area contributed by atoms with E-state index in [0.717, 1.165) is 22.9 Å². The van der Waals surface area contributed by atoms with Gasteiger partial charge in [0.05, 0.1) is 4.47 Å². The van der Waals surface area contributed by atoms with Crippen molar-refractivity contribution in [3.8, 4) is 5.75 Å². The molecule has 0 heterocycles. The van der Waals surface area contributed by atoms with Crippen LogP contribution in [0.3, 0.4) is 0 Å². The van der Waals surface area contributed by atoms with E-state index in [2.05, 4.69) is 21.2 Å². The molecular formula is C14H19BrN2O2. The Labute approximate surface area is 121 Å². The number of amides is 1. The smallest absolute Gasteiger partial charge is 0.258 e. The topological polar surface area (TPSA) is 64.3 Å². The normalized spacial score (nSPS) is 15.5. The van der Waals surface area contributed by atoms with Gasteiger partial charge in [0.2, 0.25) is 0 Å². The molecule has 19 heavy (non-hydrogen) atoms. The largest absolute Gasteiger partial charge is 0.483 e. The van der Waals surface area contributed by atoms with E-state index in [4.69, 9.17) is 10.5 Å². The monoisotopic (exact) mass is 326 g/mol. The second-order valence-electron chi connectivity index (χ2n) is 4.81. The Morgan fingerprint density at radius 2 is 2.16 bits per heavy atom. The molecule has 0 aromatic heterocycles. The zero-order chi connectivity index (χ0) is 13.7. The molecule has 3 N–H and O–H groups in total. The van der Waals surface area contributed by atoms with Gasteiger partial charge in [-0.2, -0.15) is 0 Å². The Hall–Kier alpha value is -1.07. The number of nitrogens with one attached hydrogen (secondary N) is 1. The third-order valence-electron chi connectivity index (χ3n) is 3.31. The minimum atomic E-state index is -0.0540. The fraction of sp³-hybridized carbons (Fsp3) is 0.500. The van der Waals surface area contributed by atoms with Gasteiger partial charge in [0.1, 0.15) is 5.75 Å². The SMILES string of the molecule is NCc1ccc(OCC(=O)NC2CCCC2)c(Br)c1. The third-order valence-corrected chi connectivity index (χ3v) is 3.93. The average Bonchev–Trinajstić information content (AvgIpc) is 2.90. The van der Waals surface area contributed by atoms with Crippen LogP contribution in [0, 0.1) is 0 Å². The number of ether oxygens (including phenoxy) is 1. The lowest BCUT2D eigenvalue weighted by atomic mass is 10.2. The number of nitrogens with two attached hydrogens (primary N) is 1. The number of halogens is 1. The first kappa shape index (κ1) is 14.3. The van der Waals surface area contributed by atoms with Gasteiger partial charge in [0.25, 0.3) is 5.91 Å². The van der Waals surface area contributed by atoms with Gasteiger partial charge in [-0.05, 0) is 46.5 Å². The van der Waals surface area contributed by atoms with Crippen LogP contribution in [0.2, 0.25) is 0 Å². The molecular weight excluding hydrogens is 308 g/mol. The van der Waals surface area contributed by atoms with Crippen molar-refractivity contribution in [1.29, 1.82) is 0 Å². The lowest BCUT2D eigenvalue weighted by Gasteiger charge is -2.13. The molecule has 5 heteroatoms. The van der Waals surface area contributed by atoms with Gasteiger partial charge in [-0.1, -0.05) is 18.9 Å². The summed E-state index contributed by atoms with van der Waals surface area (Å²) in [5, 5.41) is 2.99. The highest BCUT2D eigenvalue weighted by Crippen LogP contribution is 2.25. The van der Waals surface area contributed by atoms with Crippen molar-refractivity contribution in [2.45, 2.75) is 38.3 Å². The van der Waals surface area contributed by atoms with Crippen LogP contribution in [0.4, 0.5) is 0 Å².